The van der Waals surface area contributed by atoms with Gasteiger partial charge < -0.3 is 10.1 Å². The molecule has 6 nitrogen and oxygen atoms in total. The molecule has 0 spiro atoms. The number of halogens is 2. The Morgan fingerprint density at radius 3 is 2.35 bits per heavy atom. The topological polar surface area (TPSA) is 75.7 Å². The number of carbonyl (C=O) groups is 1. The predicted octanol–water partition coefficient (Wildman–Crippen LogP) is 4.71. The Kier molecular flexibility index (Phi) is 7.14. The lowest BCUT2D eigenvalue weighted by Crippen LogP contribution is -2.38. The Morgan fingerprint density at radius 1 is 1.06 bits per heavy atom. The second kappa shape index (κ2) is 9.80. The zero-order valence-electron chi connectivity index (χ0n) is 16.6. The maximum atomic E-state index is 13.4. The van der Waals surface area contributed by atoms with E-state index in [0.29, 0.717) is 18.0 Å². The van der Waals surface area contributed by atoms with Gasteiger partial charge in [-0.3, -0.25) is 9.10 Å². The highest BCUT2D eigenvalue weighted by atomic mass is 35.5. The van der Waals surface area contributed by atoms with Crippen molar-refractivity contribution in [2.24, 2.45) is 0 Å². The second-order valence-electron chi connectivity index (χ2n) is 6.43. The van der Waals surface area contributed by atoms with Crippen molar-refractivity contribution in [1.29, 1.82) is 0 Å². The zero-order chi connectivity index (χ0) is 22.4. The van der Waals surface area contributed by atoms with Crippen molar-refractivity contribution in [3.8, 4) is 5.75 Å². The molecule has 3 aromatic rings. The van der Waals surface area contributed by atoms with Crippen molar-refractivity contribution < 1.29 is 22.3 Å². The second-order valence-corrected chi connectivity index (χ2v) is 8.70. The van der Waals surface area contributed by atoms with Crippen LogP contribution in [0.15, 0.2) is 77.7 Å². The first-order valence-corrected chi connectivity index (χ1v) is 11.2. The van der Waals surface area contributed by atoms with Gasteiger partial charge in [0, 0.05) is 5.69 Å². The Bertz CT molecular complexity index is 1160. The summed E-state index contributed by atoms with van der Waals surface area (Å²) in [6.07, 6.45) is 0. The molecule has 0 aromatic heterocycles. The highest BCUT2D eigenvalue weighted by Gasteiger charge is 2.27. The van der Waals surface area contributed by atoms with Gasteiger partial charge >= 0.3 is 0 Å². The molecule has 0 unspecified atom stereocenters. The van der Waals surface area contributed by atoms with E-state index in [-0.39, 0.29) is 15.6 Å². The smallest absolute Gasteiger partial charge is 0.264 e. The van der Waals surface area contributed by atoms with Crippen molar-refractivity contribution in [3.05, 3.63) is 83.6 Å². The molecule has 0 atom stereocenters. The third-order valence-corrected chi connectivity index (χ3v) is 6.34. The third-order valence-electron chi connectivity index (χ3n) is 4.26. The molecule has 9 heteroatoms. The van der Waals surface area contributed by atoms with Gasteiger partial charge in [-0.05, 0) is 61.5 Å². The quantitative estimate of drug-likeness (QED) is 0.526. The number of ether oxygens (including phenoxy) is 1. The summed E-state index contributed by atoms with van der Waals surface area (Å²) in [4.78, 5) is 12.7. The van der Waals surface area contributed by atoms with Gasteiger partial charge in [-0.15, -0.1) is 0 Å². The maximum Gasteiger partial charge on any atom is 0.264 e. The number of carbonyl (C=O) groups excluding carboxylic acids is 1. The minimum absolute atomic E-state index is 0.0431. The number of rotatable bonds is 8. The molecule has 162 valence electrons. The lowest BCUT2D eigenvalue weighted by atomic mass is 10.3. The molecular formula is C22H20ClFN2O4S. The standard InChI is InChI=1S/C22H20ClFN2O4S/c1-2-30-18-11-9-17(10-12-18)26(31(28,29)19-6-4-3-5-7-19)15-22(27)25-16-8-13-21(24)20(23)14-16/h3-14H,2,15H2,1H3,(H,25,27). The van der Waals surface area contributed by atoms with Gasteiger partial charge in [0.15, 0.2) is 0 Å². The summed E-state index contributed by atoms with van der Waals surface area (Å²) in [5.74, 6) is -0.660. The van der Waals surface area contributed by atoms with Crippen molar-refractivity contribution in [3.63, 3.8) is 0 Å². The van der Waals surface area contributed by atoms with E-state index in [1.165, 1.54) is 24.3 Å². The van der Waals surface area contributed by atoms with Gasteiger partial charge in [-0.25, -0.2) is 12.8 Å². The van der Waals surface area contributed by atoms with Crippen molar-refractivity contribution in [2.75, 3.05) is 22.8 Å². The SMILES string of the molecule is CCOc1ccc(N(CC(=O)Nc2ccc(F)c(Cl)c2)S(=O)(=O)c2ccccc2)cc1. The minimum atomic E-state index is -4.04. The molecule has 0 saturated carbocycles. The van der Waals surface area contributed by atoms with Crippen molar-refractivity contribution in [2.45, 2.75) is 11.8 Å². The molecule has 0 aliphatic rings. The highest BCUT2D eigenvalue weighted by molar-refractivity contribution is 7.92. The summed E-state index contributed by atoms with van der Waals surface area (Å²) in [5, 5.41) is 2.39. The summed E-state index contributed by atoms with van der Waals surface area (Å²) >= 11 is 5.75. The van der Waals surface area contributed by atoms with E-state index < -0.39 is 28.3 Å². The van der Waals surface area contributed by atoms with Crippen LogP contribution in [0.1, 0.15) is 6.92 Å². The van der Waals surface area contributed by atoms with Gasteiger partial charge in [0.1, 0.15) is 18.1 Å². The first kappa shape index (κ1) is 22.6. The number of benzene rings is 3. The van der Waals surface area contributed by atoms with Gasteiger partial charge in [-0.1, -0.05) is 29.8 Å². The molecule has 1 amide bonds. The van der Waals surface area contributed by atoms with Gasteiger partial charge in [0.2, 0.25) is 5.91 Å². The van der Waals surface area contributed by atoms with Gasteiger partial charge in [0.05, 0.1) is 22.2 Å². The van der Waals surface area contributed by atoms with Crippen LogP contribution < -0.4 is 14.4 Å². The molecule has 0 heterocycles. The van der Waals surface area contributed by atoms with Crippen LogP contribution in [0.25, 0.3) is 0 Å². The van der Waals surface area contributed by atoms with E-state index in [2.05, 4.69) is 5.32 Å². The predicted molar refractivity (Wildman–Crippen MR) is 119 cm³/mol. The fourth-order valence-electron chi connectivity index (χ4n) is 2.81. The lowest BCUT2D eigenvalue weighted by Gasteiger charge is -2.24. The van der Waals surface area contributed by atoms with E-state index in [4.69, 9.17) is 16.3 Å². The fourth-order valence-corrected chi connectivity index (χ4v) is 4.44. The molecule has 3 aromatic carbocycles. The van der Waals surface area contributed by atoms with Crippen LogP contribution in [0.3, 0.4) is 0 Å². The van der Waals surface area contributed by atoms with E-state index in [9.17, 15) is 17.6 Å². The van der Waals surface area contributed by atoms with Crippen molar-refractivity contribution >= 4 is 38.9 Å². The molecule has 0 aliphatic heterocycles. The first-order chi connectivity index (χ1) is 14.8. The van der Waals surface area contributed by atoms with Crippen LogP contribution in [-0.2, 0) is 14.8 Å². The lowest BCUT2D eigenvalue weighted by molar-refractivity contribution is -0.114. The molecule has 0 fully saturated rings. The van der Waals surface area contributed by atoms with Crippen molar-refractivity contribution in [1.82, 2.24) is 0 Å². The van der Waals surface area contributed by atoms with Crippen LogP contribution in [-0.4, -0.2) is 27.5 Å². The Morgan fingerprint density at radius 2 is 1.74 bits per heavy atom. The zero-order valence-corrected chi connectivity index (χ0v) is 18.2. The Hall–Kier alpha value is -3.10. The monoisotopic (exact) mass is 462 g/mol. The highest BCUT2D eigenvalue weighted by Crippen LogP contribution is 2.26. The maximum absolute atomic E-state index is 13.4. The molecule has 0 saturated heterocycles. The molecule has 31 heavy (non-hydrogen) atoms. The summed E-state index contributed by atoms with van der Waals surface area (Å²) in [6.45, 7) is 1.81. The van der Waals surface area contributed by atoms with Crippen LogP contribution in [0, 0.1) is 5.82 Å². The molecule has 0 aliphatic carbocycles. The Labute approximate surface area is 185 Å². The number of sulfonamides is 1. The Balaban J connectivity index is 1.91. The molecule has 0 radical (unpaired) electrons. The van der Waals surface area contributed by atoms with Gasteiger partial charge in [0.25, 0.3) is 10.0 Å². The average Bonchev–Trinajstić information content (AvgIpc) is 2.76. The van der Waals surface area contributed by atoms with Crippen LogP contribution >= 0.6 is 11.6 Å². The number of anilines is 2. The summed E-state index contributed by atoms with van der Waals surface area (Å²) in [5.41, 5.74) is 0.541. The largest absolute Gasteiger partial charge is 0.494 e. The normalized spacial score (nSPS) is 11.1. The number of hydrogen-bond donors (Lipinski definition) is 1. The summed E-state index contributed by atoms with van der Waals surface area (Å²) < 4.78 is 46.3. The number of nitrogens with one attached hydrogen (secondary N) is 1. The number of amides is 1. The van der Waals surface area contributed by atoms with E-state index >= 15 is 0 Å². The molecule has 0 bridgehead atoms. The van der Waals surface area contributed by atoms with Crippen LogP contribution in [0.2, 0.25) is 5.02 Å². The van der Waals surface area contributed by atoms with Gasteiger partial charge in [-0.2, -0.15) is 0 Å². The first-order valence-electron chi connectivity index (χ1n) is 9.37. The molecule has 3 rings (SSSR count). The van der Waals surface area contributed by atoms with E-state index in [1.807, 2.05) is 6.92 Å². The van der Waals surface area contributed by atoms with Crippen LogP contribution in [0.5, 0.6) is 5.75 Å². The molecular weight excluding hydrogens is 443 g/mol. The average molecular weight is 463 g/mol. The van der Waals surface area contributed by atoms with E-state index in [0.717, 1.165) is 10.4 Å². The number of hydrogen-bond acceptors (Lipinski definition) is 4. The number of nitrogens with zero attached hydrogens (tertiary/aromatic N) is 1. The minimum Gasteiger partial charge on any atom is -0.494 e. The summed E-state index contributed by atoms with van der Waals surface area (Å²) in [6, 6.07) is 17.9. The fraction of sp³-hybridized carbons (Fsp3) is 0.136. The van der Waals surface area contributed by atoms with Crippen LogP contribution in [0.4, 0.5) is 15.8 Å². The van der Waals surface area contributed by atoms with E-state index in [1.54, 1.807) is 42.5 Å². The third kappa shape index (κ3) is 5.53. The summed E-state index contributed by atoms with van der Waals surface area (Å²) in [7, 11) is -4.04. The molecule has 1 N–H and O–H groups in total.